The monoisotopic (exact) mass is 565 g/mol. The first-order chi connectivity index (χ1) is 19.2. The number of ether oxygens (including phenoxy) is 1. The summed E-state index contributed by atoms with van der Waals surface area (Å²) in [5, 5.41) is 2.99. The fraction of sp³-hybridized carbons (Fsp3) is 0.355. The summed E-state index contributed by atoms with van der Waals surface area (Å²) in [5.41, 5.74) is 1.30. The molecule has 0 aliphatic carbocycles. The van der Waals surface area contributed by atoms with Crippen LogP contribution in [0.2, 0.25) is 0 Å². The molecule has 3 aromatic carbocycles. The second kappa shape index (κ2) is 14.5. The van der Waals surface area contributed by atoms with E-state index in [0.717, 1.165) is 16.3 Å². The maximum absolute atomic E-state index is 14.0. The second-order valence-corrected chi connectivity index (χ2v) is 11.5. The molecule has 3 aromatic rings. The van der Waals surface area contributed by atoms with Crippen molar-refractivity contribution in [2.45, 2.75) is 57.0 Å². The van der Waals surface area contributed by atoms with E-state index < -0.39 is 28.5 Å². The van der Waals surface area contributed by atoms with Crippen molar-refractivity contribution in [2.24, 2.45) is 0 Å². The first kappa shape index (κ1) is 30.7. The van der Waals surface area contributed by atoms with E-state index in [4.69, 9.17) is 4.74 Å². The van der Waals surface area contributed by atoms with Gasteiger partial charge in [0.1, 0.15) is 18.3 Å². The van der Waals surface area contributed by atoms with E-state index in [9.17, 15) is 18.0 Å². The van der Waals surface area contributed by atoms with E-state index in [1.807, 2.05) is 51.1 Å². The molecule has 0 aliphatic rings. The maximum Gasteiger partial charge on any atom is 0.264 e. The molecule has 40 heavy (non-hydrogen) atoms. The number of benzene rings is 3. The van der Waals surface area contributed by atoms with Gasteiger partial charge < -0.3 is 15.0 Å². The van der Waals surface area contributed by atoms with Crippen LogP contribution in [0, 0.1) is 0 Å². The molecule has 8 nitrogen and oxygen atoms in total. The highest BCUT2D eigenvalue weighted by Gasteiger charge is 2.33. The Balaban J connectivity index is 2.01. The zero-order chi connectivity index (χ0) is 29.1. The molecular weight excluding hydrogens is 526 g/mol. The van der Waals surface area contributed by atoms with Crippen molar-refractivity contribution >= 4 is 27.5 Å². The van der Waals surface area contributed by atoms with Crippen LogP contribution >= 0.6 is 0 Å². The van der Waals surface area contributed by atoms with Gasteiger partial charge in [0.05, 0.1) is 17.7 Å². The topological polar surface area (TPSA) is 96.0 Å². The summed E-state index contributed by atoms with van der Waals surface area (Å²) in [5.74, 6) is -0.264. The minimum Gasteiger partial charge on any atom is -0.497 e. The predicted molar refractivity (Wildman–Crippen MR) is 158 cm³/mol. The molecule has 2 atom stereocenters. The van der Waals surface area contributed by atoms with Gasteiger partial charge in [0, 0.05) is 18.7 Å². The van der Waals surface area contributed by atoms with E-state index in [1.54, 1.807) is 42.5 Å². The number of rotatable bonds is 14. The highest BCUT2D eigenvalue weighted by molar-refractivity contribution is 7.92. The number of nitrogens with zero attached hydrogens (tertiary/aromatic N) is 2. The van der Waals surface area contributed by atoms with E-state index in [2.05, 4.69) is 5.32 Å². The fourth-order valence-electron chi connectivity index (χ4n) is 4.35. The van der Waals surface area contributed by atoms with Crippen LogP contribution < -0.4 is 14.4 Å². The number of methoxy groups -OCH3 is 1. The molecule has 0 radical (unpaired) electrons. The Hall–Kier alpha value is -3.85. The molecule has 0 bridgehead atoms. The Morgan fingerprint density at radius 3 is 2.15 bits per heavy atom. The lowest BCUT2D eigenvalue weighted by Gasteiger charge is -2.33. The molecule has 0 aromatic heterocycles. The van der Waals surface area contributed by atoms with E-state index in [1.165, 1.54) is 24.1 Å². The minimum atomic E-state index is -4.12. The molecule has 214 valence electrons. The standard InChI is InChI=1S/C31H39N3O5S/c1-5-24(3)32-31(36)29(6-2)33(21-20-25-14-9-7-10-15-25)30(35)23-34(26-16-13-17-27(22-26)39-4)40(37,38)28-18-11-8-12-19-28/h7-19,22,24,29H,5-6,20-21,23H2,1-4H3,(H,32,36). The van der Waals surface area contributed by atoms with Gasteiger partial charge in [-0.25, -0.2) is 8.42 Å². The molecule has 0 aliphatic heterocycles. The number of carbonyl (C=O) groups is 2. The van der Waals surface area contributed by atoms with Gasteiger partial charge in [0.25, 0.3) is 10.0 Å². The Morgan fingerprint density at radius 2 is 1.55 bits per heavy atom. The normalized spacial score (nSPS) is 12.7. The van der Waals surface area contributed by atoms with Crippen LogP contribution in [0.3, 0.4) is 0 Å². The Kier molecular flexibility index (Phi) is 11.1. The highest BCUT2D eigenvalue weighted by atomic mass is 32.2. The van der Waals surface area contributed by atoms with Gasteiger partial charge >= 0.3 is 0 Å². The quantitative estimate of drug-likeness (QED) is 0.307. The highest BCUT2D eigenvalue weighted by Crippen LogP contribution is 2.27. The summed E-state index contributed by atoms with van der Waals surface area (Å²) in [6.45, 7) is 5.52. The van der Waals surface area contributed by atoms with Crippen molar-refractivity contribution < 1.29 is 22.7 Å². The van der Waals surface area contributed by atoms with Crippen LogP contribution in [0.5, 0.6) is 5.75 Å². The third-order valence-electron chi connectivity index (χ3n) is 6.82. The van der Waals surface area contributed by atoms with Crippen LogP contribution in [-0.4, -0.2) is 57.4 Å². The second-order valence-electron chi connectivity index (χ2n) is 9.59. The molecule has 9 heteroatoms. The summed E-state index contributed by atoms with van der Waals surface area (Å²) >= 11 is 0. The van der Waals surface area contributed by atoms with Gasteiger partial charge in [-0.2, -0.15) is 0 Å². The Bertz CT molecular complexity index is 1350. The number of nitrogens with one attached hydrogen (secondary N) is 1. The lowest BCUT2D eigenvalue weighted by Crippen LogP contribution is -2.54. The van der Waals surface area contributed by atoms with Crippen LogP contribution in [-0.2, 0) is 26.0 Å². The fourth-order valence-corrected chi connectivity index (χ4v) is 5.78. The first-order valence-corrected chi connectivity index (χ1v) is 15.0. The van der Waals surface area contributed by atoms with Crippen LogP contribution in [0.1, 0.15) is 39.2 Å². The largest absolute Gasteiger partial charge is 0.497 e. The van der Waals surface area contributed by atoms with E-state index in [-0.39, 0.29) is 29.1 Å². The SMILES string of the molecule is CCC(C)NC(=O)C(CC)N(CCc1ccccc1)C(=O)CN(c1cccc(OC)c1)S(=O)(=O)c1ccccc1. The van der Waals surface area contributed by atoms with Crippen LogP contribution in [0.15, 0.2) is 89.8 Å². The van der Waals surface area contributed by atoms with Gasteiger partial charge in [-0.15, -0.1) is 0 Å². The number of hydrogen-bond acceptors (Lipinski definition) is 5. The van der Waals surface area contributed by atoms with Crippen molar-refractivity contribution in [3.05, 3.63) is 90.5 Å². The number of hydrogen-bond donors (Lipinski definition) is 1. The van der Waals surface area contributed by atoms with Crippen molar-refractivity contribution in [3.63, 3.8) is 0 Å². The number of anilines is 1. The van der Waals surface area contributed by atoms with Gasteiger partial charge in [-0.1, -0.05) is 68.4 Å². The van der Waals surface area contributed by atoms with Gasteiger partial charge in [0.2, 0.25) is 11.8 Å². The molecule has 1 N–H and O–H groups in total. The van der Waals surface area contributed by atoms with Crippen LogP contribution in [0.4, 0.5) is 5.69 Å². The summed E-state index contributed by atoms with van der Waals surface area (Å²) < 4.78 is 34.1. The molecular formula is C31H39N3O5S. The number of sulfonamides is 1. The smallest absolute Gasteiger partial charge is 0.264 e. The lowest BCUT2D eigenvalue weighted by atomic mass is 10.1. The molecule has 0 spiro atoms. The summed E-state index contributed by atoms with van der Waals surface area (Å²) in [4.78, 5) is 28.9. The predicted octanol–water partition coefficient (Wildman–Crippen LogP) is 4.66. The van der Waals surface area contributed by atoms with Crippen molar-refractivity contribution in [1.82, 2.24) is 10.2 Å². The average Bonchev–Trinajstić information content (AvgIpc) is 2.98. The Labute approximate surface area is 238 Å². The zero-order valence-corrected chi connectivity index (χ0v) is 24.4. The molecule has 0 saturated carbocycles. The summed E-state index contributed by atoms with van der Waals surface area (Å²) in [6, 6.07) is 23.5. The maximum atomic E-state index is 14.0. The summed E-state index contributed by atoms with van der Waals surface area (Å²) in [6.07, 6.45) is 1.65. The van der Waals surface area contributed by atoms with Crippen molar-refractivity contribution in [1.29, 1.82) is 0 Å². The Morgan fingerprint density at radius 1 is 0.900 bits per heavy atom. The molecule has 2 unspecified atom stereocenters. The van der Waals surface area contributed by atoms with Gasteiger partial charge in [0.15, 0.2) is 0 Å². The molecule has 3 rings (SSSR count). The van der Waals surface area contributed by atoms with E-state index in [0.29, 0.717) is 18.6 Å². The minimum absolute atomic E-state index is 0.0561. The molecule has 0 heterocycles. The molecule has 0 saturated heterocycles. The lowest BCUT2D eigenvalue weighted by molar-refractivity contribution is -0.139. The number of carbonyl (C=O) groups excluding carboxylic acids is 2. The van der Waals surface area contributed by atoms with Gasteiger partial charge in [-0.3, -0.25) is 13.9 Å². The third-order valence-corrected chi connectivity index (χ3v) is 8.61. The number of amides is 2. The van der Waals surface area contributed by atoms with Crippen LogP contribution in [0.25, 0.3) is 0 Å². The first-order valence-electron chi connectivity index (χ1n) is 13.6. The molecule has 0 fully saturated rings. The van der Waals surface area contributed by atoms with Crippen molar-refractivity contribution in [2.75, 3.05) is 24.5 Å². The van der Waals surface area contributed by atoms with E-state index >= 15 is 0 Å². The average molecular weight is 566 g/mol. The molecule has 2 amide bonds. The summed E-state index contributed by atoms with van der Waals surface area (Å²) in [7, 11) is -2.63. The van der Waals surface area contributed by atoms with Gasteiger partial charge in [-0.05, 0) is 56.0 Å². The third kappa shape index (κ3) is 7.85. The zero-order valence-electron chi connectivity index (χ0n) is 23.6. The van der Waals surface area contributed by atoms with Crippen molar-refractivity contribution in [3.8, 4) is 5.75 Å².